The van der Waals surface area contributed by atoms with Crippen molar-refractivity contribution in [2.75, 3.05) is 5.73 Å². The van der Waals surface area contributed by atoms with Gasteiger partial charge in [-0.3, -0.25) is 4.98 Å². The van der Waals surface area contributed by atoms with Crippen molar-refractivity contribution in [1.82, 2.24) is 9.97 Å². The molecule has 0 fully saturated rings. The van der Waals surface area contributed by atoms with Crippen molar-refractivity contribution in [3.05, 3.63) is 39.6 Å². The molecule has 0 amide bonds. The van der Waals surface area contributed by atoms with Crippen molar-refractivity contribution in [2.45, 2.75) is 0 Å². The van der Waals surface area contributed by atoms with Gasteiger partial charge in [-0.25, -0.2) is 4.98 Å². The normalized spacial score (nSPS) is 10.4. The Bertz CT molecular complexity index is 526. The van der Waals surface area contributed by atoms with E-state index >= 15 is 0 Å². The lowest BCUT2D eigenvalue weighted by Gasteiger charge is -2.06. The first-order chi connectivity index (χ1) is 7.58. The third kappa shape index (κ3) is 2.21. The molecule has 0 saturated carbocycles. The van der Waals surface area contributed by atoms with Gasteiger partial charge in [-0.2, -0.15) is 0 Å². The molecule has 1 heterocycles. The van der Waals surface area contributed by atoms with Crippen LogP contribution in [0.2, 0.25) is 15.1 Å². The molecule has 1 aromatic carbocycles. The predicted octanol–water partition coefficient (Wildman–Crippen LogP) is 3.69. The van der Waals surface area contributed by atoms with Crippen LogP contribution < -0.4 is 5.73 Å². The number of anilines is 1. The van der Waals surface area contributed by atoms with E-state index in [1.807, 2.05) is 0 Å². The fourth-order valence-electron chi connectivity index (χ4n) is 1.22. The lowest BCUT2D eigenvalue weighted by molar-refractivity contribution is 1.22. The van der Waals surface area contributed by atoms with E-state index in [0.29, 0.717) is 32.1 Å². The van der Waals surface area contributed by atoms with Crippen LogP contribution in [0.3, 0.4) is 0 Å². The lowest BCUT2D eigenvalue weighted by Crippen LogP contribution is -1.93. The Morgan fingerprint density at radius 1 is 1.00 bits per heavy atom. The van der Waals surface area contributed by atoms with Crippen LogP contribution in [0, 0.1) is 0 Å². The number of rotatable bonds is 1. The maximum absolute atomic E-state index is 6.05. The molecule has 0 spiro atoms. The molecule has 0 aliphatic carbocycles. The fourth-order valence-corrected chi connectivity index (χ4v) is 1.92. The fraction of sp³-hybridized carbons (Fsp3) is 0. The van der Waals surface area contributed by atoms with Crippen LogP contribution in [0.1, 0.15) is 0 Å². The molecule has 0 aliphatic heterocycles. The Hall–Kier alpha value is -1.03. The number of benzene rings is 1. The topological polar surface area (TPSA) is 51.8 Å². The Labute approximate surface area is 107 Å². The molecule has 0 saturated heterocycles. The second-order valence-corrected chi connectivity index (χ2v) is 4.30. The van der Waals surface area contributed by atoms with Gasteiger partial charge >= 0.3 is 0 Å². The van der Waals surface area contributed by atoms with Crippen LogP contribution in [0.5, 0.6) is 0 Å². The van der Waals surface area contributed by atoms with E-state index < -0.39 is 0 Å². The van der Waals surface area contributed by atoms with Crippen LogP contribution in [-0.2, 0) is 0 Å². The molecule has 0 atom stereocenters. The van der Waals surface area contributed by atoms with Gasteiger partial charge in [0.1, 0.15) is 5.82 Å². The van der Waals surface area contributed by atoms with E-state index in [2.05, 4.69) is 9.97 Å². The van der Waals surface area contributed by atoms with Gasteiger partial charge in [-0.15, -0.1) is 0 Å². The number of nitrogen functional groups attached to an aromatic ring is 1. The zero-order valence-electron chi connectivity index (χ0n) is 7.92. The van der Waals surface area contributed by atoms with Gasteiger partial charge in [0.25, 0.3) is 0 Å². The summed E-state index contributed by atoms with van der Waals surface area (Å²) >= 11 is 17.8. The highest BCUT2D eigenvalue weighted by Gasteiger charge is 2.10. The molecule has 82 valence electrons. The molecule has 0 unspecified atom stereocenters. The standard InChI is InChI=1S/C10H6Cl3N3/c11-5-1-6(10(13)7(12)2-5)8-3-16-9(14)4-15-8/h1-4H,(H2,14,16). The molecule has 6 heteroatoms. The lowest BCUT2D eigenvalue weighted by atomic mass is 10.1. The van der Waals surface area contributed by atoms with E-state index in [0.717, 1.165) is 0 Å². The minimum Gasteiger partial charge on any atom is -0.382 e. The molecule has 2 rings (SSSR count). The van der Waals surface area contributed by atoms with E-state index in [4.69, 9.17) is 40.5 Å². The third-order valence-corrected chi connectivity index (χ3v) is 2.96. The molecule has 3 nitrogen and oxygen atoms in total. The summed E-state index contributed by atoms with van der Waals surface area (Å²) in [5.74, 6) is 0.341. The molecule has 1 aromatic heterocycles. The quantitative estimate of drug-likeness (QED) is 0.807. The van der Waals surface area contributed by atoms with Crippen LogP contribution in [0.4, 0.5) is 5.82 Å². The van der Waals surface area contributed by atoms with Crippen LogP contribution in [0.25, 0.3) is 11.3 Å². The van der Waals surface area contributed by atoms with E-state index in [9.17, 15) is 0 Å². The van der Waals surface area contributed by atoms with Crippen molar-refractivity contribution in [2.24, 2.45) is 0 Å². The summed E-state index contributed by atoms with van der Waals surface area (Å²) in [5.41, 5.74) is 6.65. The number of nitrogens with zero attached hydrogens (tertiary/aromatic N) is 2. The van der Waals surface area contributed by atoms with Gasteiger partial charge in [-0.1, -0.05) is 34.8 Å². The maximum Gasteiger partial charge on any atom is 0.141 e. The molecule has 0 bridgehead atoms. The third-order valence-electron chi connectivity index (χ3n) is 1.94. The molecular formula is C10H6Cl3N3. The Morgan fingerprint density at radius 3 is 2.38 bits per heavy atom. The smallest absolute Gasteiger partial charge is 0.141 e. The van der Waals surface area contributed by atoms with E-state index in [1.54, 1.807) is 12.1 Å². The summed E-state index contributed by atoms with van der Waals surface area (Å²) in [4.78, 5) is 8.03. The maximum atomic E-state index is 6.05. The summed E-state index contributed by atoms with van der Waals surface area (Å²) in [6.07, 6.45) is 2.96. The summed E-state index contributed by atoms with van der Waals surface area (Å²) < 4.78 is 0. The number of halogens is 3. The highest BCUT2D eigenvalue weighted by atomic mass is 35.5. The van der Waals surface area contributed by atoms with E-state index in [1.165, 1.54) is 12.4 Å². The summed E-state index contributed by atoms with van der Waals surface area (Å²) in [6.45, 7) is 0. The minimum absolute atomic E-state index is 0.341. The van der Waals surface area contributed by atoms with Gasteiger partial charge in [-0.05, 0) is 12.1 Å². The summed E-state index contributed by atoms with van der Waals surface area (Å²) in [5, 5.41) is 1.26. The van der Waals surface area contributed by atoms with Gasteiger partial charge in [0.05, 0.1) is 28.1 Å². The second-order valence-electron chi connectivity index (χ2n) is 3.08. The Balaban J connectivity index is 2.59. The Morgan fingerprint density at radius 2 is 1.75 bits per heavy atom. The van der Waals surface area contributed by atoms with Gasteiger partial charge in [0, 0.05) is 10.6 Å². The van der Waals surface area contributed by atoms with Crippen molar-refractivity contribution in [3.8, 4) is 11.3 Å². The van der Waals surface area contributed by atoms with Gasteiger partial charge in [0.15, 0.2) is 0 Å². The van der Waals surface area contributed by atoms with E-state index in [-0.39, 0.29) is 0 Å². The number of hydrogen-bond donors (Lipinski definition) is 1. The largest absolute Gasteiger partial charge is 0.382 e. The monoisotopic (exact) mass is 273 g/mol. The molecule has 0 radical (unpaired) electrons. The first-order valence-electron chi connectivity index (χ1n) is 4.30. The zero-order valence-corrected chi connectivity index (χ0v) is 10.2. The zero-order chi connectivity index (χ0) is 11.7. The summed E-state index contributed by atoms with van der Waals surface area (Å²) in [6, 6.07) is 3.25. The van der Waals surface area contributed by atoms with Crippen molar-refractivity contribution >= 4 is 40.6 Å². The summed E-state index contributed by atoms with van der Waals surface area (Å²) in [7, 11) is 0. The number of hydrogen-bond acceptors (Lipinski definition) is 3. The van der Waals surface area contributed by atoms with Crippen LogP contribution in [-0.4, -0.2) is 9.97 Å². The number of aromatic nitrogens is 2. The SMILES string of the molecule is Nc1cnc(-c2cc(Cl)cc(Cl)c2Cl)cn1. The molecule has 0 aliphatic rings. The second kappa shape index (κ2) is 4.45. The number of nitrogens with two attached hydrogens (primary N) is 1. The molecule has 2 N–H and O–H groups in total. The average molecular weight is 275 g/mol. The van der Waals surface area contributed by atoms with Crippen LogP contribution in [0.15, 0.2) is 24.5 Å². The first-order valence-corrected chi connectivity index (χ1v) is 5.44. The first kappa shape index (κ1) is 11.5. The van der Waals surface area contributed by atoms with Gasteiger partial charge in [0.2, 0.25) is 0 Å². The minimum atomic E-state index is 0.341. The average Bonchev–Trinajstić information content (AvgIpc) is 2.25. The van der Waals surface area contributed by atoms with Crippen molar-refractivity contribution < 1.29 is 0 Å². The van der Waals surface area contributed by atoms with Crippen LogP contribution >= 0.6 is 34.8 Å². The highest BCUT2D eigenvalue weighted by Crippen LogP contribution is 2.35. The molecule has 16 heavy (non-hydrogen) atoms. The van der Waals surface area contributed by atoms with Gasteiger partial charge < -0.3 is 5.73 Å². The van der Waals surface area contributed by atoms with Crippen molar-refractivity contribution in [3.63, 3.8) is 0 Å². The predicted molar refractivity (Wildman–Crippen MR) is 66.9 cm³/mol. The molecular weight excluding hydrogens is 268 g/mol. The Kier molecular flexibility index (Phi) is 3.19. The van der Waals surface area contributed by atoms with Crippen molar-refractivity contribution in [1.29, 1.82) is 0 Å². The highest BCUT2D eigenvalue weighted by molar-refractivity contribution is 6.45. The molecule has 2 aromatic rings.